The Morgan fingerprint density at radius 2 is 1.34 bits per heavy atom. The number of para-hydroxylation sites is 2. The van der Waals surface area contributed by atoms with Crippen molar-refractivity contribution in [2.75, 3.05) is 0 Å². The van der Waals surface area contributed by atoms with Gasteiger partial charge in [-0.25, -0.2) is 0 Å². The van der Waals surface area contributed by atoms with Gasteiger partial charge in [0.1, 0.15) is 11.5 Å². The van der Waals surface area contributed by atoms with Gasteiger partial charge < -0.3 is 9.30 Å². The SMILES string of the molecule is C/C=C\c1c(CC)c2cccc(-c3cccc4c3Oc3cccc(-c5ccccc5)c3CC43Cc4ccccc4Cc4ccccc43)c2n1-c1cccc(C)c1. The molecule has 1 aliphatic carbocycles. The summed E-state index contributed by atoms with van der Waals surface area (Å²) >= 11 is 0. The summed E-state index contributed by atoms with van der Waals surface area (Å²) in [5, 5.41) is 1.28. The zero-order chi connectivity index (χ0) is 37.8. The number of allylic oxidation sites excluding steroid dienone is 1. The summed E-state index contributed by atoms with van der Waals surface area (Å²) in [5.41, 5.74) is 18.6. The van der Waals surface area contributed by atoms with Crippen LogP contribution < -0.4 is 4.74 Å². The average molecular weight is 724 g/mol. The van der Waals surface area contributed by atoms with Gasteiger partial charge >= 0.3 is 0 Å². The highest BCUT2D eigenvalue weighted by Crippen LogP contribution is 2.55. The minimum absolute atomic E-state index is 0.401. The molecule has 1 spiro atoms. The van der Waals surface area contributed by atoms with Gasteiger partial charge in [-0.3, -0.25) is 0 Å². The Labute approximate surface area is 330 Å². The van der Waals surface area contributed by atoms with Crippen LogP contribution in [-0.4, -0.2) is 4.57 Å². The van der Waals surface area contributed by atoms with E-state index in [1.807, 2.05) is 0 Å². The molecule has 2 nitrogen and oxygen atoms in total. The second-order valence-corrected chi connectivity index (χ2v) is 15.6. The fourth-order valence-electron chi connectivity index (χ4n) is 9.92. The molecule has 0 bridgehead atoms. The Balaban J connectivity index is 1.33. The number of hydrogen-bond donors (Lipinski definition) is 0. The highest BCUT2D eigenvalue weighted by atomic mass is 16.5. The van der Waals surface area contributed by atoms with Gasteiger partial charge in [0.25, 0.3) is 0 Å². The third-order valence-electron chi connectivity index (χ3n) is 12.3. The zero-order valence-corrected chi connectivity index (χ0v) is 32.3. The van der Waals surface area contributed by atoms with E-state index < -0.39 is 5.41 Å². The summed E-state index contributed by atoms with van der Waals surface area (Å²) < 4.78 is 10.0. The maximum absolute atomic E-state index is 7.52. The highest BCUT2D eigenvalue weighted by Gasteiger charge is 2.44. The van der Waals surface area contributed by atoms with Crippen LogP contribution in [0, 0.1) is 6.92 Å². The normalized spacial score (nSPS) is 15.8. The number of nitrogens with zero attached hydrogens (tertiary/aromatic N) is 1. The molecule has 2 heterocycles. The van der Waals surface area contributed by atoms with Crippen LogP contribution in [-0.2, 0) is 31.1 Å². The molecule has 0 amide bonds. The van der Waals surface area contributed by atoms with Crippen molar-refractivity contribution in [1.29, 1.82) is 0 Å². The van der Waals surface area contributed by atoms with Crippen molar-refractivity contribution in [3.63, 3.8) is 0 Å². The summed E-state index contributed by atoms with van der Waals surface area (Å²) in [6, 6.07) is 58.4. The maximum atomic E-state index is 7.52. The van der Waals surface area contributed by atoms with Gasteiger partial charge in [-0.1, -0.05) is 153 Å². The van der Waals surface area contributed by atoms with Gasteiger partial charge in [-0.15, -0.1) is 0 Å². The van der Waals surface area contributed by atoms with Crippen LogP contribution in [0.1, 0.15) is 64.0 Å². The van der Waals surface area contributed by atoms with Crippen molar-refractivity contribution in [2.45, 2.75) is 51.9 Å². The molecular weight excluding hydrogens is 679 g/mol. The van der Waals surface area contributed by atoms with Crippen molar-refractivity contribution in [3.05, 3.63) is 214 Å². The van der Waals surface area contributed by atoms with Gasteiger partial charge in [-0.2, -0.15) is 0 Å². The van der Waals surface area contributed by atoms with Crippen LogP contribution in [0.15, 0.2) is 164 Å². The lowest BCUT2D eigenvalue weighted by Crippen LogP contribution is -2.33. The molecular formula is C54H45NO. The molecule has 10 rings (SSSR count). The van der Waals surface area contributed by atoms with E-state index in [2.05, 4.69) is 195 Å². The maximum Gasteiger partial charge on any atom is 0.139 e. The first kappa shape index (κ1) is 34.1. The molecule has 0 saturated heterocycles. The van der Waals surface area contributed by atoms with Crippen LogP contribution in [0.2, 0.25) is 0 Å². The first-order chi connectivity index (χ1) is 27.6. The van der Waals surface area contributed by atoms with Crippen LogP contribution in [0.3, 0.4) is 0 Å². The molecule has 1 unspecified atom stereocenters. The quantitative estimate of drug-likeness (QED) is 0.172. The Bertz CT molecular complexity index is 2820. The molecule has 2 heteroatoms. The lowest BCUT2D eigenvalue weighted by Gasteiger charge is -2.36. The van der Waals surface area contributed by atoms with Gasteiger partial charge in [0.15, 0.2) is 0 Å². The molecule has 1 aliphatic heterocycles. The van der Waals surface area contributed by atoms with Crippen molar-refractivity contribution in [3.8, 4) is 39.4 Å². The first-order valence-corrected chi connectivity index (χ1v) is 20.1. The number of aromatic nitrogens is 1. The number of rotatable bonds is 5. The molecule has 0 radical (unpaired) electrons. The van der Waals surface area contributed by atoms with E-state index in [-0.39, 0.29) is 0 Å². The summed E-state index contributed by atoms with van der Waals surface area (Å²) in [6.07, 6.45) is 7.97. The third-order valence-corrected chi connectivity index (χ3v) is 12.3. The molecule has 0 N–H and O–H groups in total. The summed E-state index contributed by atoms with van der Waals surface area (Å²) in [5.74, 6) is 1.87. The predicted molar refractivity (Wildman–Crippen MR) is 233 cm³/mol. The molecule has 56 heavy (non-hydrogen) atoms. The van der Waals surface area contributed by atoms with E-state index in [4.69, 9.17) is 4.74 Å². The first-order valence-electron chi connectivity index (χ1n) is 20.1. The monoisotopic (exact) mass is 723 g/mol. The molecule has 1 atom stereocenters. The highest BCUT2D eigenvalue weighted by molar-refractivity contribution is 6.02. The predicted octanol–water partition coefficient (Wildman–Crippen LogP) is 13.6. The van der Waals surface area contributed by atoms with Gasteiger partial charge in [-0.05, 0) is 108 Å². The Morgan fingerprint density at radius 1 is 0.643 bits per heavy atom. The van der Waals surface area contributed by atoms with Crippen LogP contribution in [0.4, 0.5) is 0 Å². The lowest BCUT2D eigenvalue weighted by atomic mass is 9.65. The number of benzene rings is 7. The zero-order valence-electron chi connectivity index (χ0n) is 32.3. The van der Waals surface area contributed by atoms with Crippen molar-refractivity contribution >= 4 is 17.0 Å². The molecule has 7 aromatic carbocycles. The summed E-state index contributed by atoms with van der Waals surface area (Å²) in [6.45, 7) is 6.58. The smallest absolute Gasteiger partial charge is 0.139 e. The van der Waals surface area contributed by atoms with E-state index in [0.717, 1.165) is 42.7 Å². The molecule has 0 fully saturated rings. The third kappa shape index (κ3) is 5.39. The van der Waals surface area contributed by atoms with Crippen LogP contribution >= 0.6 is 0 Å². The van der Waals surface area contributed by atoms with Crippen molar-refractivity contribution in [1.82, 2.24) is 4.57 Å². The largest absolute Gasteiger partial charge is 0.456 e. The molecule has 2 aliphatic rings. The number of aryl methyl sites for hydroxylation is 2. The standard InChI is InChI=1S/C54H45NO/c1-4-17-50-42(5-2)44-26-14-27-45(52(44)55(50)41-24-13-18-36(3)32-41)46-28-15-30-49-53(46)56-51-31-16-25-43(37-19-7-6-8-20-37)47(51)35-54(49)34-40-23-10-9-21-38(40)33-39-22-11-12-29-48(39)54/h4,6-32H,5,33-35H2,1-3H3/b17-4-. The Morgan fingerprint density at radius 3 is 2.16 bits per heavy atom. The van der Waals surface area contributed by atoms with Gasteiger partial charge in [0.2, 0.25) is 0 Å². The molecule has 272 valence electrons. The fraction of sp³-hybridized carbons (Fsp3) is 0.148. The van der Waals surface area contributed by atoms with Crippen molar-refractivity contribution in [2.24, 2.45) is 0 Å². The van der Waals surface area contributed by atoms with Crippen molar-refractivity contribution < 1.29 is 4.74 Å². The second-order valence-electron chi connectivity index (χ2n) is 15.6. The number of fused-ring (bicyclic) bond motifs is 7. The minimum atomic E-state index is -0.401. The number of hydrogen-bond acceptors (Lipinski definition) is 1. The fourth-order valence-corrected chi connectivity index (χ4v) is 9.92. The molecule has 1 aromatic heterocycles. The topological polar surface area (TPSA) is 14.2 Å². The lowest BCUT2D eigenvalue weighted by molar-refractivity contribution is 0.470. The average Bonchev–Trinajstić information content (AvgIpc) is 3.37. The summed E-state index contributed by atoms with van der Waals surface area (Å²) in [7, 11) is 0. The second kappa shape index (κ2) is 13.7. The molecule has 0 saturated carbocycles. The van der Waals surface area contributed by atoms with Gasteiger partial charge in [0.05, 0.1) is 5.52 Å². The van der Waals surface area contributed by atoms with E-state index >= 15 is 0 Å². The summed E-state index contributed by atoms with van der Waals surface area (Å²) in [4.78, 5) is 0. The van der Waals surface area contributed by atoms with E-state index in [1.54, 1.807) is 0 Å². The van der Waals surface area contributed by atoms with Crippen LogP contribution in [0.25, 0.3) is 44.9 Å². The van der Waals surface area contributed by atoms with Crippen LogP contribution in [0.5, 0.6) is 11.5 Å². The molecule has 8 aromatic rings. The van der Waals surface area contributed by atoms with E-state index in [1.165, 1.54) is 83.5 Å². The minimum Gasteiger partial charge on any atom is -0.456 e. The van der Waals surface area contributed by atoms with E-state index in [0.29, 0.717) is 0 Å². The van der Waals surface area contributed by atoms with E-state index in [9.17, 15) is 0 Å². The Kier molecular flexibility index (Phi) is 8.37. The van der Waals surface area contributed by atoms with Gasteiger partial charge in [0, 0.05) is 44.4 Å². The number of ether oxygens (including phenoxy) is 1. The Hall–Kier alpha value is -6.38.